The zero-order valence-corrected chi connectivity index (χ0v) is 10.9. The number of hydrogen-bond donors (Lipinski definition) is 1. The third-order valence-electron chi connectivity index (χ3n) is 2.58. The summed E-state index contributed by atoms with van der Waals surface area (Å²) in [5.74, 6) is 0.0278. The predicted octanol–water partition coefficient (Wildman–Crippen LogP) is -0.370. The van der Waals surface area contributed by atoms with Crippen LogP contribution in [-0.4, -0.2) is 56.9 Å². The van der Waals surface area contributed by atoms with E-state index in [0.29, 0.717) is 0 Å². The first kappa shape index (κ1) is 13.4. The molecule has 0 saturated heterocycles. The van der Waals surface area contributed by atoms with Crippen molar-refractivity contribution in [1.82, 2.24) is 10.2 Å². The molecule has 6 heteroatoms. The number of amides is 1. The SMILES string of the molecule is CNCC(=O)N(C(C)CS(C)(=O)=O)C1CC1. The van der Waals surface area contributed by atoms with Crippen molar-refractivity contribution in [1.29, 1.82) is 0 Å². The van der Waals surface area contributed by atoms with Gasteiger partial charge in [0.25, 0.3) is 0 Å². The third-order valence-corrected chi connectivity index (χ3v) is 3.66. The van der Waals surface area contributed by atoms with Crippen molar-refractivity contribution >= 4 is 15.7 Å². The molecule has 1 N–H and O–H groups in total. The highest BCUT2D eigenvalue weighted by molar-refractivity contribution is 7.90. The molecule has 1 fully saturated rings. The molecule has 94 valence electrons. The van der Waals surface area contributed by atoms with Gasteiger partial charge in [0.1, 0.15) is 9.84 Å². The second-order valence-electron chi connectivity index (χ2n) is 4.50. The number of rotatable bonds is 6. The van der Waals surface area contributed by atoms with E-state index >= 15 is 0 Å². The van der Waals surface area contributed by atoms with Gasteiger partial charge in [0.2, 0.25) is 5.91 Å². The zero-order chi connectivity index (χ0) is 12.3. The van der Waals surface area contributed by atoms with Crippen LogP contribution in [0, 0.1) is 0 Å². The molecule has 0 spiro atoms. The van der Waals surface area contributed by atoms with E-state index in [0.717, 1.165) is 12.8 Å². The fourth-order valence-electron chi connectivity index (χ4n) is 1.92. The van der Waals surface area contributed by atoms with Crippen molar-refractivity contribution in [2.24, 2.45) is 0 Å². The first-order chi connectivity index (χ1) is 7.35. The average Bonchev–Trinajstić information content (AvgIpc) is 2.85. The molecule has 0 aliphatic heterocycles. The number of carbonyl (C=O) groups is 1. The van der Waals surface area contributed by atoms with Gasteiger partial charge in [0.05, 0.1) is 12.3 Å². The van der Waals surface area contributed by atoms with E-state index in [1.54, 1.807) is 18.9 Å². The molecule has 0 aromatic rings. The summed E-state index contributed by atoms with van der Waals surface area (Å²) in [6, 6.07) is 0.0148. The fourth-order valence-corrected chi connectivity index (χ4v) is 2.96. The Labute approximate surface area is 97.1 Å². The lowest BCUT2D eigenvalue weighted by atomic mass is 10.3. The summed E-state index contributed by atoms with van der Waals surface area (Å²) in [7, 11) is -1.32. The molecule has 1 unspecified atom stereocenters. The van der Waals surface area contributed by atoms with Gasteiger partial charge >= 0.3 is 0 Å². The average molecular weight is 248 g/mol. The summed E-state index contributed by atoms with van der Waals surface area (Å²) < 4.78 is 22.4. The molecule has 1 aliphatic rings. The van der Waals surface area contributed by atoms with Crippen LogP contribution in [0.1, 0.15) is 19.8 Å². The van der Waals surface area contributed by atoms with E-state index in [1.807, 2.05) is 0 Å². The standard InChI is InChI=1S/C10H20N2O3S/c1-8(7-16(3,14)15)12(9-4-5-9)10(13)6-11-2/h8-9,11H,4-7H2,1-3H3. The molecular formula is C10H20N2O3S. The molecule has 0 heterocycles. The Balaban J connectivity index is 2.66. The van der Waals surface area contributed by atoms with Crippen LogP contribution in [0.15, 0.2) is 0 Å². The van der Waals surface area contributed by atoms with E-state index < -0.39 is 9.84 Å². The highest BCUT2D eigenvalue weighted by atomic mass is 32.2. The summed E-state index contributed by atoms with van der Waals surface area (Å²) in [6.45, 7) is 2.07. The van der Waals surface area contributed by atoms with Gasteiger partial charge in [-0.1, -0.05) is 0 Å². The van der Waals surface area contributed by atoms with Crippen LogP contribution >= 0.6 is 0 Å². The summed E-state index contributed by atoms with van der Waals surface area (Å²) in [5, 5.41) is 2.81. The zero-order valence-electron chi connectivity index (χ0n) is 10.1. The molecule has 0 aromatic heterocycles. The van der Waals surface area contributed by atoms with Crippen LogP contribution in [0.25, 0.3) is 0 Å². The van der Waals surface area contributed by atoms with Gasteiger partial charge < -0.3 is 10.2 Å². The van der Waals surface area contributed by atoms with Crippen LogP contribution in [0.4, 0.5) is 0 Å². The summed E-state index contributed by atoms with van der Waals surface area (Å²) in [6.07, 6.45) is 3.18. The van der Waals surface area contributed by atoms with E-state index in [2.05, 4.69) is 5.32 Å². The Morgan fingerprint density at radius 1 is 1.50 bits per heavy atom. The molecule has 16 heavy (non-hydrogen) atoms. The summed E-state index contributed by atoms with van der Waals surface area (Å²) in [5.41, 5.74) is 0. The lowest BCUT2D eigenvalue weighted by Gasteiger charge is -2.28. The maximum atomic E-state index is 11.8. The Hall–Kier alpha value is -0.620. The van der Waals surface area contributed by atoms with E-state index in [-0.39, 0.29) is 30.3 Å². The van der Waals surface area contributed by atoms with Gasteiger partial charge in [0.15, 0.2) is 0 Å². The first-order valence-electron chi connectivity index (χ1n) is 5.48. The number of carbonyl (C=O) groups excluding carboxylic acids is 1. The Kier molecular flexibility index (Phi) is 4.32. The minimum atomic E-state index is -3.04. The molecule has 0 bridgehead atoms. The maximum absolute atomic E-state index is 11.8. The molecule has 5 nitrogen and oxygen atoms in total. The van der Waals surface area contributed by atoms with Gasteiger partial charge in [-0.25, -0.2) is 8.42 Å². The number of sulfone groups is 1. The summed E-state index contributed by atoms with van der Waals surface area (Å²) in [4.78, 5) is 13.5. The van der Waals surface area contributed by atoms with Crippen molar-refractivity contribution < 1.29 is 13.2 Å². The number of nitrogens with zero attached hydrogens (tertiary/aromatic N) is 1. The van der Waals surface area contributed by atoms with Crippen molar-refractivity contribution in [2.45, 2.75) is 31.8 Å². The van der Waals surface area contributed by atoms with Crippen molar-refractivity contribution in [3.05, 3.63) is 0 Å². The largest absolute Gasteiger partial charge is 0.335 e. The van der Waals surface area contributed by atoms with Crippen LogP contribution in [0.2, 0.25) is 0 Å². The molecule has 0 aromatic carbocycles. The normalized spacial score (nSPS) is 18.2. The van der Waals surface area contributed by atoms with Crippen molar-refractivity contribution in [2.75, 3.05) is 25.6 Å². The van der Waals surface area contributed by atoms with Gasteiger partial charge in [-0.05, 0) is 26.8 Å². The van der Waals surface area contributed by atoms with E-state index in [9.17, 15) is 13.2 Å². The molecular weight excluding hydrogens is 228 g/mol. The Morgan fingerprint density at radius 3 is 2.44 bits per heavy atom. The van der Waals surface area contributed by atoms with Gasteiger partial charge in [-0.2, -0.15) is 0 Å². The Morgan fingerprint density at radius 2 is 2.06 bits per heavy atom. The molecule has 0 radical (unpaired) electrons. The smallest absolute Gasteiger partial charge is 0.237 e. The minimum absolute atomic E-state index is 0.0128. The van der Waals surface area contributed by atoms with Crippen molar-refractivity contribution in [3.8, 4) is 0 Å². The molecule has 1 rings (SSSR count). The Bertz CT molecular complexity index is 349. The number of hydrogen-bond acceptors (Lipinski definition) is 4. The maximum Gasteiger partial charge on any atom is 0.237 e. The van der Waals surface area contributed by atoms with E-state index in [4.69, 9.17) is 0 Å². The number of nitrogens with one attached hydrogen (secondary N) is 1. The van der Waals surface area contributed by atoms with Crippen molar-refractivity contribution in [3.63, 3.8) is 0 Å². The van der Waals surface area contributed by atoms with Gasteiger partial charge in [-0.3, -0.25) is 4.79 Å². The van der Waals surface area contributed by atoms with Crippen LogP contribution < -0.4 is 5.32 Å². The second-order valence-corrected chi connectivity index (χ2v) is 6.69. The third kappa shape index (κ3) is 4.09. The molecule has 1 atom stereocenters. The highest BCUT2D eigenvalue weighted by Gasteiger charge is 2.36. The highest BCUT2D eigenvalue weighted by Crippen LogP contribution is 2.28. The topological polar surface area (TPSA) is 66.5 Å². The monoisotopic (exact) mass is 248 g/mol. The number of likely N-dealkylation sites (N-methyl/N-ethyl adjacent to an activating group) is 1. The lowest BCUT2D eigenvalue weighted by Crippen LogP contribution is -2.46. The van der Waals surface area contributed by atoms with Gasteiger partial charge in [0, 0.05) is 18.3 Å². The molecule has 1 aliphatic carbocycles. The minimum Gasteiger partial charge on any atom is -0.335 e. The molecule has 1 saturated carbocycles. The predicted molar refractivity (Wildman–Crippen MR) is 63.0 cm³/mol. The quantitative estimate of drug-likeness (QED) is 0.696. The van der Waals surface area contributed by atoms with Gasteiger partial charge in [-0.15, -0.1) is 0 Å². The lowest BCUT2D eigenvalue weighted by molar-refractivity contribution is -0.132. The first-order valence-corrected chi connectivity index (χ1v) is 7.54. The van der Waals surface area contributed by atoms with Crippen LogP contribution in [0.3, 0.4) is 0 Å². The fraction of sp³-hybridized carbons (Fsp3) is 0.900. The second kappa shape index (κ2) is 5.14. The van der Waals surface area contributed by atoms with E-state index in [1.165, 1.54) is 6.26 Å². The van der Waals surface area contributed by atoms with Crippen LogP contribution in [-0.2, 0) is 14.6 Å². The summed E-state index contributed by atoms with van der Waals surface area (Å²) >= 11 is 0. The molecule has 1 amide bonds. The van der Waals surface area contributed by atoms with Crippen LogP contribution in [0.5, 0.6) is 0 Å².